The first-order valence-corrected chi connectivity index (χ1v) is 11.1. The van der Waals surface area contributed by atoms with Crippen molar-refractivity contribution in [3.05, 3.63) is 70.9 Å². The maximum Gasteiger partial charge on any atom is 0.414 e. The smallest absolute Gasteiger partial charge is 0.414 e. The molecule has 2 aromatic carbocycles. The molecule has 1 amide bonds. The summed E-state index contributed by atoms with van der Waals surface area (Å²) in [5.41, 5.74) is 3.93. The van der Waals surface area contributed by atoms with Gasteiger partial charge in [0.1, 0.15) is 17.1 Å². The van der Waals surface area contributed by atoms with Crippen LogP contribution in [0.15, 0.2) is 46.9 Å². The highest BCUT2D eigenvalue weighted by atomic mass is 19.4. The minimum atomic E-state index is -4.59. The van der Waals surface area contributed by atoms with Crippen LogP contribution >= 0.6 is 0 Å². The second-order valence-corrected chi connectivity index (χ2v) is 8.49. The fourth-order valence-corrected chi connectivity index (χ4v) is 3.96. The lowest BCUT2D eigenvalue weighted by Crippen LogP contribution is -2.48. The number of benzene rings is 2. The number of aliphatic hydroxyl groups is 1. The summed E-state index contributed by atoms with van der Waals surface area (Å²) in [6.07, 6.45) is -2.34. The fourth-order valence-electron chi connectivity index (χ4n) is 3.96. The van der Waals surface area contributed by atoms with E-state index >= 15 is 0 Å². The maximum absolute atomic E-state index is 14.2. The molecule has 37 heavy (non-hydrogen) atoms. The van der Waals surface area contributed by atoms with Gasteiger partial charge in [0.15, 0.2) is 11.5 Å². The van der Waals surface area contributed by atoms with Gasteiger partial charge in [-0.3, -0.25) is 4.79 Å². The largest absolute Gasteiger partial charge is 0.495 e. The number of amides is 1. The van der Waals surface area contributed by atoms with Crippen LogP contribution in [0.1, 0.15) is 40.3 Å². The second-order valence-electron chi connectivity index (χ2n) is 8.49. The standard InChI is InChI=1S/C25H24F4N4O4/c1-24(25(27,28)29)10-9-13-14(7-8-18(36-2)20(13)33-24)23-32-21(19(11-30)37-23)22(35)31-17(12-34)15-5-3-4-6-16(15)26/h3-10,17,33-34H,11-12,30H2,1-2H3,(H,31,35). The first-order valence-electron chi connectivity index (χ1n) is 11.1. The van der Waals surface area contributed by atoms with Crippen molar-refractivity contribution in [3.8, 4) is 17.2 Å². The number of alkyl halides is 3. The number of ether oxygens (including phenoxy) is 1. The summed E-state index contributed by atoms with van der Waals surface area (Å²) in [6, 6.07) is 7.56. The number of oxazole rings is 1. The van der Waals surface area contributed by atoms with E-state index in [-0.39, 0.29) is 46.5 Å². The van der Waals surface area contributed by atoms with Crippen LogP contribution in [0, 0.1) is 5.82 Å². The number of methoxy groups -OCH3 is 1. The Labute approximate surface area is 209 Å². The Balaban J connectivity index is 1.72. The molecule has 1 aliphatic rings. The number of nitrogens with two attached hydrogens (primary N) is 1. The van der Waals surface area contributed by atoms with Gasteiger partial charge in [-0.05, 0) is 31.2 Å². The normalized spacial score (nSPS) is 17.6. The van der Waals surface area contributed by atoms with E-state index in [4.69, 9.17) is 14.9 Å². The Morgan fingerprint density at radius 3 is 2.65 bits per heavy atom. The molecule has 0 saturated heterocycles. The number of anilines is 1. The van der Waals surface area contributed by atoms with Crippen LogP contribution < -0.4 is 21.1 Å². The summed E-state index contributed by atoms with van der Waals surface area (Å²) in [6.45, 7) is 0.180. The summed E-state index contributed by atoms with van der Waals surface area (Å²) < 4.78 is 66.2. The highest BCUT2D eigenvalue weighted by molar-refractivity contribution is 5.95. The summed E-state index contributed by atoms with van der Waals surface area (Å²) in [5, 5.41) is 14.7. The molecule has 12 heteroatoms. The van der Waals surface area contributed by atoms with Gasteiger partial charge in [0.2, 0.25) is 5.89 Å². The molecule has 0 aliphatic carbocycles. The maximum atomic E-state index is 14.2. The molecule has 0 saturated carbocycles. The Hall–Kier alpha value is -3.90. The first-order chi connectivity index (χ1) is 17.5. The van der Waals surface area contributed by atoms with E-state index in [0.717, 1.165) is 13.0 Å². The van der Waals surface area contributed by atoms with Crippen LogP contribution in [0.5, 0.6) is 5.75 Å². The van der Waals surface area contributed by atoms with Crippen LogP contribution in [0.25, 0.3) is 17.5 Å². The average molecular weight is 520 g/mol. The Bertz CT molecular complexity index is 1350. The molecule has 2 unspecified atom stereocenters. The summed E-state index contributed by atoms with van der Waals surface area (Å²) in [5.74, 6) is -1.30. The minimum absolute atomic E-state index is 0.00447. The number of hydrogen-bond acceptors (Lipinski definition) is 7. The number of hydrogen-bond donors (Lipinski definition) is 4. The van der Waals surface area contributed by atoms with Gasteiger partial charge in [0.05, 0.1) is 32.0 Å². The third-order valence-corrected chi connectivity index (χ3v) is 6.08. The molecule has 2 heterocycles. The van der Waals surface area contributed by atoms with Gasteiger partial charge < -0.3 is 30.6 Å². The zero-order valence-corrected chi connectivity index (χ0v) is 19.8. The fraction of sp³-hybridized carbons (Fsp3) is 0.280. The zero-order valence-electron chi connectivity index (χ0n) is 19.8. The first kappa shape index (κ1) is 26.2. The summed E-state index contributed by atoms with van der Waals surface area (Å²) in [4.78, 5) is 17.3. The van der Waals surface area contributed by atoms with Crippen molar-refractivity contribution in [2.75, 3.05) is 19.0 Å². The highest BCUT2D eigenvalue weighted by Gasteiger charge is 2.51. The monoisotopic (exact) mass is 520 g/mol. The van der Waals surface area contributed by atoms with Gasteiger partial charge in [-0.1, -0.05) is 24.3 Å². The third kappa shape index (κ3) is 4.77. The van der Waals surface area contributed by atoms with Gasteiger partial charge in [0, 0.05) is 16.7 Å². The van der Waals surface area contributed by atoms with E-state index in [0.29, 0.717) is 5.56 Å². The molecule has 3 aromatic rings. The number of nitrogens with zero attached hydrogens (tertiary/aromatic N) is 1. The van der Waals surface area contributed by atoms with Crippen molar-refractivity contribution in [1.29, 1.82) is 0 Å². The van der Waals surface area contributed by atoms with Crippen LogP contribution in [0.2, 0.25) is 0 Å². The third-order valence-electron chi connectivity index (χ3n) is 6.08. The number of rotatable bonds is 7. The van der Waals surface area contributed by atoms with Crippen molar-refractivity contribution in [2.24, 2.45) is 5.73 Å². The van der Waals surface area contributed by atoms with E-state index in [1.54, 1.807) is 6.07 Å². The SMILES string of the molecule is COc1ccc(-c2nc(C(=O)NC(CO)c3ccccc3F)c(CN)o2)c2c1NC(C)(C(F)(F)F)C=C2. The number of halogens is 4. The average Bonchev–Trinajstić information content (AvgIpc) is 3.30. The quantitative estimate of drug-likeness (QED) is 0.345. The zero-order chi connectivity index (χ0) is 27.0. The van der Waals surface area contributed by atoms with Gasteiger partial charge >= 0.3 is 6.18 Å². The Kier molecular flexibility index (Phi) is 6.98. The lowest BCUT2D eigenvalue weighted by molar-refractivity contribution is -0.160. The Morgan fingerprint density at radius 2 is 2.03 bits per heavy atom. The van der Waals surface area contributed by atoms with Crippen molar-refractivity contribution < 1.29 is 36.6 Å². The summed E-state index contributed by atoms with van der Waals surface area (Å²) in [7, 11) is 1.33. The van der Waals surface area contributed by atoms with Crippen molar-refractivity contribution in [3.63, 3.8) is 0 Å². The molecule has 8 nitrogen and oxygen atoms in total. The van der Waals surface area contributed by atoms with Crippen LogP contribution in [0.3, 0.4) is 0 Å². The van der Waals surface area contributed by atoms with Gasteiger partial charge in [0.25, 0.3) is 5.91 Å². The molecule has 0 spiro atoms. The molecule has 0 bridgehead atoms. The molecule has 4 rings (SSSR count). The molecule has 196 valence electrons. The lowest BCUT2D eigenvalue weighted by atomic mass is 9.91. The molecule has 5 N–H and O–H groups in total. The molecule has 2 atom stereocenters. The van der Waals surface area contributed by atoms with Gasteiger partial charge in [-0.25, -0.2) is 9.37 Å². The van der Waals surface area contributed by atoms with E-state index in [1.807, 2.05) is 0 Å². The van der Waals surface area contributed by atoms with E-state index in [9.17, 15) is 27.5 Å². The number of fused-ring (bicyclic) bond motifs is 1. The van der Waals surface area contributed by atoms with E-state index in [2.05, 4.69) is 15.6 Å². The van der Waals surface area contributed by atoms with Gasteiger partial charge in [-0.2, -0.15) is 13.2 Å². The topological polar surface area (TPSA) is 123 Å². The number of nitrogens with one attached hydrogen (secondary N) is 2. The Morgan fingerprint density at radius 1 is 1.30 bits per heavy atom. The predicted molar refractivity (Wildman–Crippen MR) is 127 cm³/mol. The number of carbonyl (C=O) groups is 1. The molecular weight excluding hydrogens is 496 g/mol. The lowest BCUT2D eigenvalue weighted by Gasteiger charge is -2.35. The van der Waals surface area contributed by atoms with Crippen molar-refractivity contribution in [1.82, 2.24) is 10.3 Å². The van der Waals surface area contributed by atoms with Gasteiger partial charge in [-0.15, -0.1) is 0 Å². The minimum Gasteiger partial charge on any atom is -0.495 e. The molecule has 1 aromatic heterocycles. The summed E-state index contributed by atoms with van der Waals surface area (Å²) >= 11 is 0. The van der Waals surface area contributed by atoms with Crippen molar-refractivity contribution >= 4 is 17.7 Å². The molecule has 0 radical (unpaired) electrons. The number of carbonyl (C=O) groups excluding carboxylic acids is 1. The van der Waals surface area contributed by atoms with E-state index < -0.39 is 36.1 Å². The number of aliphatic hydroxyl groups excluding tert-OH is 1. The molecule has 0 fully saturated rings. The van der Waals surface area contributed by atoms with Crippen molar-refractivity contribution in [2.45, 2.75) is 31.2 Å². The highest BCUT2D eigenvalue weighted by Crippen LogP contribution is 2.45. The molecular formula is C25H24F4N4O4. The van der Waals surface area contributed by atoms with E-state index in [1.165, 1.54) is 43.5 Å². The predicted octanol–water partition coefficient (Wildman–Crippen LogP) is 4.17. The molecule has 1 aliphatic heterocycles. The van der Waals surface area contributed by atoms with Crippen LogP contribution in [0.4, 0.5) is 23.2 Å². The second kappa shape index (κ2) is 9.87. The van der Waals surface area contributed by atoms with Crippen LogP contribution in [-0.2, 0) is 6.54 Å². The van der Waals surface area contributed by atoms with Crippen LogP contribution in [-0.4, -0.2) is 41.4 Å². The number of aromatic nitrogens is 1.